The second-order valence-electron chi connectivity index (χ2n) is 5.12. The molecule has 0 aromatic carbocycles. The second kappa shape index (κ2) is 3.76. The van der Waals surface area contributed by atoms with Crippen LogP contribution in [0.1, 0.15) is 48.7 Å². The van der Waals surface area contributed by atoms with Gasteiger partial charge in [0.1, 0.15) is 6.54 Å². The fourth-order valence-corrected chi connectivity index (χ4v) is 3.47. The molecule has 2 heteroatoms. The first-order valence-corrected chi connectivity index (χ1v) is 6.67. The molecule has 2 N–H and O–H groups in total. The van der Waals surface area contributed by atoms with Crippen LogP contribution in [0.3, 0.4) is 0 Å². The monoisotopic (exact) mass is 217 g/mol. The predicted octanol–water partition coefficient (Wildman–Crippen LogP) is 1.94. The van der Waals surface area contributed by atoms with Gasteiger partial charge in [-0.3, -0.25) is 0 Å². The minimum atomic E-state index is 1.15. The molecule has 86 valence electrons. The Morgan fingerprint density at radius 2 is 1.56 bits per heavy atom. The summed E-state index contributed by atoms with van der Waals surface area (Å²) in [5.74, 6) is 0. The number of nitrogens with two attached hydrogens (primary N) is 1. The zero-order chi connectivity index (χ0) is 11.1. The van der Waals surface area contributed by atoms with Gasteiger partial charge in [-0.05, 0) is 25.7 Å². The molecule has 0 saturated heterocycles. The van der Waals surface area contributed by atoms with Gasteiger partial charge in [0.05, 0.1) is 5.69 Å². The Morgan fingerprint density at radius 3 is 2.06 bits per heavy atom. The summed E-state index contributed by atoms with van der Waals surface area (Å²) in [4.78, 5) is 0. The van der Waals surface area contributed by atoms with Crippen LogP contribution in [0, 0.1) is 0 Å². The highest BCUT2D eigenvalue weighted by atomic mass is 15.0. The summed E-state index contributed by atoms with van der Waals surface area (Å²) >= 11 is 0. The first kappa shape index (κ1) is 10.1. The third-order valence-electron chi connectivity index (χ3n) is 4.13. The van der Waals surface area contributed by atoms with Gasteiger partial charge >= 0.3 is 0 Å². The van der Waals surface area contributed by atoms with Crippen molar-refractivity contribution in [1.82, 2.24) is 0 Å². The number of pyridine rings is 1. The quantitative estimate of drug-likeness (QED) is 0.754. The van der Waals surface area contributed by atoms with Crippen LogP contribution in [0.15, 0.2) is 0 Å². The van der Waals surface area contributed by atoms with Crippen LogP contribution >= 0.6 is 0 Å². The standard InChI is InChI=1S/C14H20N2/c1-2-9-16-12-7-3-5-10(12)14(15)11-6-4-8-13(11)16/h15H,2-9H2,1H3/p+1. The Morgan fingerprint density at radius 1 is 1.00 bits per heavy atom. The summed E-state index contributed by atoms with van der Waals surface area (Å²) in [6.07, 6.45) is 8.72. The van der Waals surface area contributed by atoms with E-state index in [1.165, 1.54) is 62.6 Å². The molecule has 0 saturated carbocycles. The third-order valence-corrected chi connectivity index (χ3v) is 4.13. The fraction of sp³-hybridized carbons (Fsp3) is 0.643. The van der Waals surface area contributed by atoms with Gasteiger partial charge in [-0.1, -0.05) is 6.92 Å². The van der Waals surface area contributed by atoms with Crippen LogP contribution in [0.4, 0.5) is 5.69 Å². The highest BCUT2D eigenvalue weighted by Gasteiger charge is 2.33. The molecule has 3 rings (SSSR count). The number of nitrogen functional groups attached to an aromatic ring is 1. The first-order chi connectivity index (χ1) is 7.83. The van der Waals surface area contributed by atoms with Crippen LogP contribution in [-0.2, 0) is 32.2 Å². The van der Waals surface area contributed by atoms with Crippen molar-refractivity contribution in [2.75, 3.05) is 5.73 Å². The molecule has 2 aliphatic carbocycles. The van der Waals surface area contributed by atoms with E-state index in [2.05, 4.69) is 11.5 Å². The number of anilines is 1. The molecule has 1 aromatic rings. The fourth-order valence-electron chi connectivity index (χ4n) is 3.47. The van der Waals surface area contributed by atoms with Crippen LogP contribution < -0.4 is 10.3 Å². The highest BCUT2D eigenvalue weighted by molar-refractivity contribution is 5.57. The van der Waals surface area contributed by atoms with E-state index in [1.54, 1.807) is 11.4 Å². The number of hydrogen-bond acceptors (Lipinski definition) is 1. The van der Waals surface area contributed by atoms with E-state index in [4.69, 9.17) is 5.73 Å². The molecule has 1 heterocycles. The topological polar surface area (TPSA) is 29.9 Å². The smallest absolute Gasteiger partial charge is 0.186 e. The maximum atomic E-state index is 6.34. The number of fused-ring (bicyclic) bond motifs is 2. The van der Waals surface area contributed by atoms with E-state index in [9.17, 15) is 0 Å². The van der Waals surface area contributed by atoms with E-state index in [0.717, 1.165) is 5.69 Å². The van der Waals surface area contributed by atoms with Crippen LogP contribution in [-0.4, -0.2) is 0 Å². The molecule has 2 nitrogen and oxygen atoms in total. The van der Waals surface area contributed by atoms with E-state index in [1.807, 2.05) is 0 Å². The van der Waals surface area contributed by atoms with Gasteiger partial charge in [-0.2, -0.15) is 4.57 Å². The summed E-state index contributed by atoms with van der Waals surface area (Å²) in [6.45, 7) is 3.46. The van der Waals surface area contributed by atoms with Crippen LogP contribution in [0.25, 0.3) is 0 Å². The minimum absolute atomic E-state index is 1.15. The molecule has 0 unspecified atom stereocenters. The summed E-state index contributed by atoms with van der Waals surface area (Å²) in [7, 11) is 0. The Balaban J connectivity index is 2.23. The molecular formula is C14H21N2+. The minimum Gasteiger partial charge on any atom is -0.398 e. The Bertz CT molecular complexity index is 400. The molecule has 0 amide bonds. The molecule has 2 aliphatic rings. The molecule has 0 spiro atoms. The van der Waals surface area contributed by atoms with Crippen molar-refractivity contribution >= 4 is 5.69 Å². The van der Waals surface area contributed by atoms with Crippen molar-refractivity contribution in [1.29, 1.82) is 0 Å². The number of rotatable bonds is 2. The SMILES string of the molecule is CCC[n+]1c2c(c(N)c3c1CCC3)CCC2. The highest BCUT2D eigenvalue weighted by Crippen LogP contribution is 2.33. The van der Waals surface area contributed by atoms with Crippen molar-refractivity contribution in [3.63, 3.8) is 0 Å². The van der Waals surface area contributed by atoms with Gasteiger partial charge in [0, 0.05) is 30.4 Å². The average Bonchev–Trinajstić information content (AvgIpc) is 2.92. The largest absolute Gasteiger partial charge is 0.398 e. The number of aromatic nitrogens is 1. The molecule has 0 bridgehead atoms. The van der Waals surface area contributed by atoms with Crippen molar-refractivity contribution < 1.29 is 4.57 Å². The molecule has 0 aliphatic heterocycles. The van der Waals surface area contributed by atoms with Crippen LogP contribution in [0.2, 0.25) is 0 Å². The normalized spacial score (nSPS) is 17.6. The molecule has 16 heavy (non-hydrogen) atoms. The summed E-state index contributed by atoms with van der Waals surface area (Å²) in [5, 5.41) is 0. The Kier molecular flexibility index (Phi) is 2.38. The lowest BCUT2D eigenvalue weighted by Crippen LogP contribution is -2.43. The van der Waals surface area contributed by atoms with Gasteiger partial charge < -0.3 is 5.73 Å². The molecular weight excluding hydrogens is 196 g/mol. The molecule has 0 radical (unpaired) electrons. The first-order valence-electron chi connectivity index (χ1n) is 6.67. The van der Waals surface area contributed by atoms with E-state index < -0.39 is 0 Å². The Hall–Kier alpha value is -1.05. The average molecular weight is 217 g/mol. The predicted molar refractivity (Wildman–Crippen MR) is 65.4 cm³/mol. The zero-order valence-electron chi connectivity index (χ0n) is 10.2. The summed E-state index contributed by atoms with van der Waals surface area (Å²) in [5.41, 5.74) is 13.6. The Labute approximate surface area is 97.5 Å². The zero-order valence-corrected chi connectivity index (χ0v) is 10.2. The number of nitrogens with zero attached hydrogens (tertiary/aromatic N) is 1. The van der Waals surface area contributed by atoms with Gasteiger partial charge in [-0.25, -0.2) is 0 Å². The van der Waals surface area contributed by atoms with Crippen molar-refractivity contribution in [3.8, 4) is 0 Å². The molecule has 0 fully saturated rings. The third kappa shape index (κ3) is 1.28. The lowest BCUT2D eigenvalue weighted by atomic mass is 10.1. The molecule has 1 aromatic heterocycles. The van der Waals surface area contributed by atoms with Gasteiger partial charge in [0.25, 0.3) is 0 Å². The van der Waals surface area contributed by atoms with Crippen molar-refractivity contribution in [2.45, 2.75) is 58.4 Å². The van der Waals surface area contributed by atoms with E-state index in [0.29, 0.717) is 0 Å². The lowest BCUT2D eigenvalue weighted by molar-refractivity contribution is -0.710. The maximum absolute atomic E-state index is 6.34. The van der Waals surface area contributed by atoms with Crippen LogP contribution in [0.5, 0.6) is 0 Å². The maximum Gasteiger partial charge on any atom is 0.186 e. The van der Waals surface area contributed by atoms with Gasteiger partial charge in [-0.15, -0.1) is 0 Å². The van der Waals surface area contributed by atoms with Crippen molar-refractivity contribution in [3.05, 3.63) is 22.5 Å². The van der Waals surface area contributed by atoms with Gasteiger partial charge in [0.2, 0.25) is 0 Å². The van der Waals surface area contributed by atoms with Gasteiger partial charge in [0.15, 0.2) is 11.4 Å². The second-order valence-corrected chi connectivity index (χ2v) is 5.12. The number of hydrogen-bond donors (Lipinski definition) is 1. The van der Waals surface area contributed by atoms with E-state index in [-0.39, 0.29) is 0 Å². The van der Waals surface area contributed by atoms with Crippen molar-refractivity contribution in [2.24, 2.45) is 0 Å². The molecule has 0 atom stereocenters. The lowest BCUT2D eigenvalue weighted by Gasteiger charge is -2.11. The van der Waals surface area contributed by atoms with E-state index >= 15 is 0 Å². The summed E-state index contributed by atoms with van der Waals surface area (Å²) < 4.78 is 2.60. The summed E-state index contributed by atoms with van der Waals surface area (Å²) in [6, 6.07) is 0.